The number of fused-ring (bicyclic) bond motifs is 9. The summed E-state index contributed by atoms with van der Waals surface area (Å²) in [6.45, 7) is 10.2. The minimum atomic E-state index is -0.238. The average molecular weight is 665 g/mol. The summed E-state index contributed by atoms with van der Waals surface area (Å²) in [5.74, 6) is -0.475. The fourth-order valence-electron chi connectivity index (χ4n) is 9.10. The van der Waals surface area contributed by atoms with Crippen molar-refractivity contribution in [1.29, 1.82) is 0 Å². The normalized spacial score (nSPS) is 14.6. The second kappa shape index (κ2) is 10.4. The van der Waals surface area contributed by atoms with Crippen molar-refractivity contribution in [1.82, 2.24) is 0 Å². The minimum Gasteiger partial charge on any atom is -0.311 e. The molecular weight excluding hydrogens is 629 g/mol. The Morgan fingerprint density at radius 1 is 0.529 bits per heavy atom. The van der Waals surface area contributed by atoms with E-state index in [1.807, 2.05) is 24.3 Å². The van der Waals surface area contributed by atoms with Gasteiger partial charge in [0.25, 0.3) is 6.71 Å². The van der Waals surface area contributed by atoms with E-state index in [9.17, 15) is 0 Å². The van der Waals surface area contributed by atoms with E-state index < -0.39 is 0 Å². The van der Waals surface area contributed by atoms with Gasteiger partial charge in [-0.3, -0.25) is 0 Å². The highest BCUT2D eigenvalue weighted by Crippen LogP contribution is 2.52. The number of nitrogens with zero attached hydrogens (tertiary/aromatic N) is 2. The van der Waals surface area contributed by atoms with Gasteiger partial charge in [0.1, 0.15) is 11.6 Å². The molecule has 0 radical (unpaired) electrons. The van der Waals surface area contributed by atoms with Crippen LogP contribution in [0, 0.1) is 32.4 Å². The molecule has 0 fully saturated rings. The first kappa shape index (κ1) is 30.2. The summed E-state index contributed by atoms with van der Waals surface area (Å²) < 4.78 is 31.0. The first-order valence-electron chi connectivity index (χ1n) is 17.7. The molecule has 0 unspecified atom stereocenters. The van der Waals surface area contributed by atoms with Gasteiger partial charge in [0.2, 0.25) is 0 Å². The maximum atomic E-state index is 15.6. The zero-order valence-electron chi connectivity index (χ0n) is 29.3. The topological polar surface area (TPSA) is 6.48 Å². The lowest BCUT2D eigenvalue weighted by Crippen LogP contribution is -2.61. The standard InChI is InChI=1S/C46H35BF2N2/c1-26-20-42-45-43(21-26)51(31-18-15-28(3)39(49)23-31)41-25-36-34(33-12-8-9-13-35(33)46(36,4)5)24-37(41)47(45)44-32-11-7-6-10-29(32)16-19-40(44)50(42)30-17-14-27(2)38(48)22-30/h6-25H,1-5H3. The predicted molar refractivity (Wildman–Crippen MR) is 210 cm³/mol. The van der Waals surface area contributed by atoms with Crippen LogP contribution >= 0.6 is 0 Å². The largest absolute Gasteiger partial charge is 0.311 e. The monoisotopic (exact) mass is 664 g/mol. The lowest BCUT2D eigenvalue weighted by molar-refractivity contribution is 0.618. The van der Waals surface area contributed by atoms with E-state index in [0.717, 1.165) is 55.9 Å². The van der Waals surface area contributed by atoms with Crippen molar-refractivity contribution in [3.8, 4) is 11.1 Å². The van der Waals surface area contributed by atoms with E-state index in [2.05, 4.69) is 116 Å². The van der Waals surface area contributed by atoms with Gasteiger partial charge in [0.05, 0.1) is 0 Å². The van der Waals surface area contributed by atoms with E-state index in [-0.39, 0.29) is 23.8 Å². The molecule has 0 bridgehead atoms. The van der Waals surface area contributed by atoms with Gasteiger partial charge in [-0.2, -0.15) is 0 Å². The van der Waals surface area contributed by atoms with E-state index >= 15 is 8.78 Å². The summed E-state index contributed by atoms with van der Waals surface area (Å²) >= 11 is 0. The zero-order valence-corrected chi connectivity index (χ0v) is 29.3. The van der Waals surface area contributed by atoms with Gasteiger partial charge in [-0.05, 0) is 135 Å². The number of anilines is 6. The Labute approximate surface area is 297 Å². The highest BCUT2D eigenvalue weighted by molar-refractivity contribution is 7.01. The van der Waals surface area contributed by atoms with Gasteiger partial charge in [-0.25, -0.2) is 8.78 Å². The molecule has 0 N–H and O–H groups in total. The van der Waals surface area contributed by atoms with Crippen molar-refractivity contribution in [3.05, 3.63) is 161 Å². The number of rotatable bonds is 2. The molecule has 5 heteroatoms. The lowest BCUT2D eigenvalue weighted by atomic mass is 9.32. The van der Waals surface area contributed by atoms with Crippen LogP contribution in [0.5, 0.6) is 0 Å². The van der Waals surface area contributed by atoms with Crippen molar-refractivity contribution < 1.29 is 8.78 Å². The molecule has 0 aromatic heterocycles. The molecule has 10 rings (SSSR count). The molecule has 7 aromatic carbocycles. The Morgan fingerprint density at radius 3 is 1.84 bits per heavy atom. The summed E-state index contributed by atoms with van der Waals surface area (Å²) in [7, 11) is 0. The van der Waals surface area contributed by atoms with Crippen LogP contribution in [0.4, 0.5) is 42.9 Å². The summed E-state index contributed by atoms with van der Waals surface area (Å²) in [4.78, 5) is 4.50. The molecule has 246 valence electrons. The molecule has 0 saturated carbocycles. The average Bonchev–Trinajstić information content (AvgIpc) is 3.35. The van der Waals surface area contributed by atoms with Crippen molar-refractivity contribution in [2.75, 3.05) is 9.80 Å². The Kier molecular flexibility index (Phi) is 6.17. The van der Waals surface area contributed by atoms with Gasteiger partial charge in [-0.15, -0.1) is 0 Å². The number of hydrogen-bond acceptors (Lipinski definition) is 2. The fourth-order valence-corrected chi connectivity index (χ4v) is 9.10. The Hall–Kier alpha value is -5.68. The number of halogens is 2. The minimum absolute atomic E-state index is 0.133. The molecule has 1 aliphatic carbocycles. The molecule has 2 aliphatic heterocycles. The van der Waals surface area contributed by atoms with Crippen LogP contribution in [0.1, 0.15) is 41.7 Å². The van der Waals surface area contributed by atoms with Gasteiger partial charge in [0.15, 0.2) is 0 Å². The van der Waals surface area contributed by atoms with Crippen LogP contribution in [0.15, 0.2) is 121 Å². The summed E-state index contributed by atoms with van der Waals surface area (Å²) in [6, 6.07) is 42.1. The molecular formula is C46H35BF2N2. The fraction of sp³-hybridized carbons (Fsp3) is 0.130. The highest BCUT2D eigenvalue weighted by Gasteiger charge is 2.46. The van der Waals surface area contributed by atoms with E-state index in [0.29, 0.717) is 11.1 Å². The molecule has 0 amide bonds. The second-order valence-electron chi connectivity index (χ2n) is 15.0. The van der Waals surface area contributed by atoms with Crippen molar-refractivity contribution in [3.63, 3.8) is 0 Å². The molecule has 7 aromatic rings. The van der Waals surface area contributed by atoms with Gasteiger partial charge in [-0.1, -0.05) is 86.6 Å². The first-order chi connectivity index (χ1) is 24.6. The molecule has 0 spiro atoms. The summed E-state index contributed by atoms with van der Waals surface area (Å²) in [6.07, 6.45) is 0. The van der Waals surface area contributed by atoms with Crippen LogP contribution in [-0.4, -0.2) is 6.71 Å². The van der Waals surface area contributed by atoms with Crippen molar-refractivity contribution in [2.45, 2.75) is 40.0 Å². The molecule has 0 atom stereocenters. The summed E-state index contributed by atoms with van der Waals surface area (Å²) in [5.41, 5.74) is 16.3. The Bertz CT molecular complexity index is 2660. The lowest BCUT2D eigenvalue weighted by Gasteiger charge is -2.45. The van der Waals surface area contributed by atoms with Crippen LogP contribution in [-0.2, 0) is 5.41 Å². The number of benzene rings is 7. The molecule has 2 nitrogen and oxygen atoms in total. The van der Waals surface area contributed by atoms with Crippen molar-refractivity contribution >= 4 is 68.0 Å². The smallest absolute Gasteiger partial charge is 0.252 e. The SMILES string of the molecule is Cc1cc2c3c(c1)N(c1ccc(C)c(F)c1)c1ccc4ccccc4c1B3c1cc3c(cc1N2c1ccc(C)c(F)c1)C(C)(C)c1ccccc1-3. The molecule has 3 aliphatic rings. The Morgan fingerprint density at radius 2 is 1.16 bits per heavy atom. The number of aryl methyl sites for hydroxylation is 3. The quantitative estimate of drug-likeness (QED) is 0.170. The molecule has 2 heterocycles. The van der Waals surface area contributed by atoms with Crippen molar-refractivity contribution in [2.24, 2.45) is 0 Å². The van der Waals surface area contributed by atoms with Crippen LogP contribution < -0.4 is 26.2 Å². The highest BCUT2D eigenvalue weighted by atomic mass is 19.1. The van der Waals surface area contributed by atoms with Crippen LogP contribution in [0.25, 0.3) is 21.9 Å². The van der Waals surface area contributed by atoms with Crippen LogP contribution in [0.2, 0.25) is 0 Å². The third-order valence-corrected chi connectivity index (χ3v) is 11.6. The number of hydrogen-bond donors (Lipinski definition) is 0. The first-order valence-corrected chi connectivity index (χ1v) is 17.7. The van der Waals surface area contributed by atoms with Gasteiger partial charge >= 0.3 is 0 Å². The van der Waals surface area contributed by atoms with E-state index in [4.69, 9.17) is 0 Å². The van der Waals surface area contributed by atoms with E-state index in [1.54, 1.807) is 26.0 Å². The third kappa shape index (κ3) is 4.09. The zero-order chi connectivity index (χ0) is 34.9. The van der Waals surface area contributed by atoms with E-state index in [1.165, 1.54) is 33.2 Å². The second-order valence-corrected chi connectivity index (χ2v) is 15.0. The Balaban J connectivity index is 1.37. The van der Waals surface area contributed by atoms with Gasteiger partial charge in [0, 0.05) is 39.5 Å². The molecule has 0 saturated heterocycles. The maximum Gasteiger partial charge on any atom is 0.252 e. The third-order valence-electron chi connectivity index (χ3n) is 11.6. The molecule has 51 heavy (non-hydrogen) atoms. The predicted octanol–water partition coefficient (Wildman–Crippen LogP) is 10.4. The summed E-state index contributed by atoms with van der Waals surface area (Å²) in [5, 5.41) is 2.32. The van der Waals surface area contributed by atoms with Crippen LogP contribution in [0.3, 0.4) is 0 Å². The maximum absolute atomic E-state index is 15.6. The van der Waals surface area contributed by atoms with Gasteiger partial charge < -0.3 is 9.80 Å².